The van der Waals surface area contributed by atoms with Crippen LogP contribution in [0.25, 0.3) is 0 Å². The van der Waals surface area contributed by atoms with Gasteiger partial charge in [0.05, 0.1) is 5.71 Å². The molecule has 0 aromatic carbocycles. The van der Waals surface area contributed by atoms with Crippen molar-refractivity contribution in [3.63, 3.8) is 0 Å². The molecule has 1 aromatic heterocycles. The zero-order valence-electron chi connectivity index (χ0n) is 9.10. The molecule has 1 aliphatic rings. The Labute approximate surface area is 93.0 Å². The van der Waals surface area contributed by atoms with Crippen molar-refractivity contribution in [2.24, 2.45) is 5.16 Å². The molecule has 0 spiro atoms. The van der Waals surface area contributed by atoms with Crippen LogP contribution < -0.4 is 0 Å². The molecule has 16 heavy (non-hydrogen) atoms. The number of hydrogen-bond acceptors (Lipinski definition) is 3. The summed E-state index contributed by atoms with van der Waals surface area (Å²) in [6.45, 7) is 1.84. The Hall–Kier alpha value is -1.78. The normalized spacial score (nSPS) is 17.4. The van der Waals surface area contributed by atoms with Crippen molar-refractivity contribution in [3.05, 3.63) is 23.0 Å². The summed E-state index contributed by atoms with van der Waals surface area (Å²) in [5, 5.41) is 21.0. The molecule has 1 aliphatic carbocycles. The Morgan fingerprint density at radius 3 is 2.94 bits per heavy atom. The average Bonchev–Trinajstić information content (AvgIpc) is 2.55. The van der Waals surface area contributed by atoms with E-state index in [1.807, 2.05) is 13.0 Å². The van der Waals surface area contributed by atoms with Gasteiger partial charge in [0.2, 0.25) is 0 Å². The molecule has 0 bridgehead atoms. The maximum atomic E-state index is 10.8. The Kier molecular flexibility index (Phi) is 2.68. The zero-order valence-corrected chi connectivity index (χ0v) is 9.10. The van der Waals surface area contributed by atoms with Gasteiger partial charge in [0.25, 0.3) is 0 Å². The second-order valence-electron chi connectivity index (χ2n) is 4.03. The first-order valence-corrected chi connectivity index (χ1v) is 5.25. The van der Waals surface area contributed by atoms with Crippen LogP contribution >= 0.6 is 0 Å². The number of aromatic nitrogens is 1. The van der Waals surface area contributed by atoms with Gasteiger partial charge in [-0.3, -0.25) is 4.79 Å². The fraction of sp³-hybridized carbons (Fsp3) is 0.455. The monoisotopic (exact) mass is 222 g/mol. The number of carbonyl (C=O) groups is 1. The largest absolute Gasteiger partial charge is 0.480 e. The second-order valence-corrected chi connectivity index (χ2v) is 4.03. The van der Waals surface area contributed by atoms with Crippen molar-refractivity contribution in [1.29, 1.82) is 0 Å². The molecule has 0 amide bonds. The van der Waals surface area contributed by atoms with Crippen molar-refractivity contribution < 1.29 is 15.1 Å². The molecule has 0 aliphatic heterocycles. The third-order valence-corrected chi connectivity index (χ3v) is 2.97. The first kappa shape index (κ1) is 10.7. The number of carboxylic acids is 1. The molecule has 0 fully saturated rings. The van der Waals surface area contributed by atoms with E-state index in [0.717, 1.165) is 36.2 Å². The minimum absolute atomic E-state index is 0.0279. The third kappa shape index (κ3) is 1.68. The van der Waals surface area contributed by atoms with Crippen LogP contribution in [0.3, 0.4) is 0 Å². The topological polar surface area (TPSA) is 74.8 Å². The fourth-order valence-corrected chi connectivity index (χ4v) is 2.27. The predicted octanol–water partition coefficient (Wildman–Crippen LogP) is 1.40. The molecule has 0 saturated heterocycles. The van der Waals surface area contributed by atoms with Gasteiger partial charge >= 0.3 is 5.97 Å². The molecular weight excluding hydrogens is 208 g/mol. The number of carboxylic acid groups (broad SMARTS) is 1. The maximum Gasteiger partial charge on any atom is 0.323 e. The summed E-state index contributed by atoms with van der Waals surface area (Å²) >= 11 is 0. The molecule has 5 nitrogen and oxygen atoms in total. The highest BCUT2D eigenvalue weighted by Gasteiger charge is 2.22. The van der Waals surface area contributed by atoms with Crippen LogP contribution in [-0.2, 0) is 17.8 Å². The van der Waals surface area contributed by atoms with E-state index in [1.165, 1.54) is 0 Å². The highest BCUT2D eigenvalue weighted by Crippen LogP contribution is 2.25. The van der Waals surface area contributed by atoms with Gasteiger partial charge in [-0.15, -0.1) is 0 Å². The Balaban J connectivity index is 2.48. The lowest BCUT2D eigenvalue weighted by atomic mass is 9.96. The van der Waals surface area contributed by atoms with Crippen molar-refractivity contribution in [2.45, 2.75) is 32.7 Å². The molecule has 0 radical (unpaired) electrons. The molecule has 0 atom stereocenters. The number of fused-ring (bicyclic) bond motifs is 1. The Morgan fingerprint density at radius 1 is 1.56 bits per heavy atom. The number of hydrogen-bond donors (Lipinski definition) is 2. The standard InChI is InChI=1S/C11H14N2O3/c1-7-5-8-9(12-16)3-2-4-10(8)13(7)6-11(14)15/h5,16H,2-4,6H2,1H3,(H,14,15). The number of aliphatic carboxylic acids is 1. The van der Waals surface area contributed by atoms with E-state index in [-0.39, 0.29) is 6.54 Å². The predicted molar refractivity (Wildman–Crippen MR) is 58.1 cm³/mol. The average molecular weight is 222 g/mol. The van der Waals surface area contributed by atoms with Crippen LogP contribution in [0.5, 0.6) is 0 Å². The van der Waals surface area contributed by atoms with Gasteiger partial charge in [-0.1, -0.05) is 5.16 Å². The quantitative estimate of drug-likeness (QED) is 0.586. The summed E-state index contributed by atoms with van der Waals surface area (Å²) in [5.74, 6) is -0.852. The van der Waals surface area contributed by atoms with Gasteiger partial charge in [0.1, 0.15) is 6.54 Å². The summed E-state index contributed by atoms with van der Waals surface area (Å²) in [5.41, 5.74) is 3.43. The summed E-state index contributed by atoms with van der Waals surface area (Å²) in [6.07, 6.45) is 2.49. The minimum Gasteiger partial charge on any atom is -0.480 e. The molecule has 1 heterocycles. The van der Waals surface area contributed by atoms with Gasteiger partial charge in [-0.05, 0) is 32.3 Å². The van der Waals surface area contributed by atoms with Crippen LogP contribution in [0.4, 0.5) is 0 Å². The van der Waals surface area contributed by atoms with Crippen LogP contribution in [0.1, 0.15) is 29.8 Å². The van der Waals surface area contributed by atoms with E-state index in [4.69, 9.17) is 10.3 Å². The molecule has 2 rings (SSSR count). The van der Waals surface area contributed by atoms with Crippen LogP contribution in [0.2, 0.25) is 0 Å². The number of aryl methyl sites for hydroxylation is 1. The van der Waals surface area contributed by atoms with Crippen LogP contribution in [0, 0.1) is 6.92 Å². The number of oxime groups is 1. The SMILES string of the molecule is Cc1cc2c(n1CC(=O)O)CCCC2=NO. The Morgan fingerprint density at radius 2 is 2.31 bits per heavy atom. The number of rotatable bonds is 2. The van der Waals surface area contributed by atoms with Gasteiger partial charge in [-0.25, -0.2) is 0 Å². The van der Waals surface area contributed by atoms with E-state index < -0.39 is 5.97 Å². The van der Waals surface area contributed by atoms with Gasteiger partial charge < -0.3 is 14.9 Å². The molecule has 5 heteroatoms. The van der Waals surface area contributed by atoms with Crippen LogP contribution in [-0.4, -0.2) is 26.6 Å². The summed E-state index contributed by atoms with van der Waals surface area (Å²) in [7, 11) is 0. The second kappa shape index (κ2) is 4.00. The molecule has 0 unspecified atom stereocenters. The van der Waals surface area contributed by atoms with Gasteiger partial charge in [0, 0.05) is 17.0 Å². The molecule has 0 saturated carbocycles. The third-order valence-electron chi connectivity index (χ3n) is 2.97. The van der Waals surface area contributed by atoms with E-state index in [0.29, 0.717) is 5.71 Å². The fourth-order valence-electron chi connectivity index (χ4n) is 2.27. The van der Waals surface area contributed by atoms with Crippen molar-refractivity contribution in [1.82, 2.24) is 4.57 Å². The summed E-state index contributed by atoms with van der Waals surface area (Å²) in [4.78, 5) is 10.8. The lowest BCUT2D eigenvalue weighted by Crippen LogP contribution is -2.17. The smallest absolute Gasteiger partial charge is 0.323 e. The van der Waals surface area contributed by atoms with E-state index >= 15 is 0 Å². The van der Waals surface area contributed by atoms with E-state index in [2.05, 4.69) is 5.16 Å². The maximum absolute atomic E-state index is 10.8. The molecular formula is C11H14N2O3. The van der Waals surface area contributed by atoms with E-state index in [1.54, 1.807) is 4.57 Å². The molecule has 2 N–H and O–H groups in total. The summed E-state index contributed by atoms with van der Waals surface area (Å²) in [6, 6.07) is 1.90. The molecule has 86 valence electrons. The zero-order chi connectivity index (χ0) is 11.7. The van der Waals surface area contributed by atoms with Gasteiger partial charge in [0.15, 0.2) is 0 Å². The highest BCUT2D eigenvalue weighted by atomic mass is 16.4. The van der Waals surface area contributed by atoms with Crippen molar-refractivity contribution in [2.75, 3.05) is 0 Å². The van der Waals surface area contributed by atoms with Crippen molar-refractivity contribution >= 4 is 11.7 Å². The van der Waals surface area contributed by atoms with E-state index in [9.17, 15) is 4.79 Å². The Bertz CT molecular complexity index is 460. The lowest BCUT2D eigenvalue weighted by molar-refractivity contribution is -0.137. The van der Waals surface area contributed by atoms with Crippen molar-refractivity contribution in [3.8, 4) is 0 Å². The first-order valence-electron chi connectivity index (χ1n) is 5.25. The first-order chi connectivity index (χ1) is 7.63. The van der Waals surface area contributed by atoms with Crippen LogP contribution in [0.15, 0.2) is 11.2 Å². The van der Waals surface area contributed by atoms with Gasteiger partial charge in [-0.2, -0.15) is 0 Å². The lowest BCUT2D eigenvalue weighted by Gasteiger charge is -2.15. The highest BCUT2D eigenvalue weighted by molar-refractivity contribution is 6.02. The number of nitrogens with zero attached hydrogens (tertiary/aromatic N) is 2. The summed E-state index contributed by atoms with van der Waals surface area (Å²) < 4.78 is 1.78. The minimum atomic E-state index is -0.852. The molecule has 1 aromatic rings.